The molecule has 0 saturated heterocycles. The molecule has 0 spiro atoms. The van der Waals surface area contributed by atoms with Gasteiger partial charge >= 0.3 is 17.9 Å². The van der Waals surface area contributed by atoms with Gasteiger partial charge in [0.15, 0.2) is 6.10 Å². The smallest absolute Gasteiger partial charge is 0.306 e. The van der Waals surface area contributed by atoms with E-state index in [1.54, 1.807) is 0 Å². The third-order valence-corrected chi connectivity index (χ3v) is 17.2. The zero-order chi connectivity index (χ0) is 59.2. The quantitative estimate of drug-likeness (QED) is 0.0261. The second-order valence-electron chi connectivity index (χ2n) is 25.6. The minimum Gasteiger partial charge on any atom is -0.462 e. The number of esters is 3. The molecule has 6 heteroatoms. The number of rotatable bonds is 70. The van der Waals surface area contributed by atoms with Gasteiger partial charge in [-0.05, 0) is 70.6 Å². The molecule has 0 N–H and O–H groups in total. The van der Waals surface area contributed by atoms with Crippen LogP contribution >= 0.6 is 0 Å². The first-order chi connectivity index (χ1) is 40.5. The molecule has 0 amide bonds. The Morgan fingerprint density at radius 1 is 0.232 bits per heavy atom. The number of hydrogen-bond donors (Lipinski definition) is 0. The standard InChI is InChI=1S/C76H144O6/c1-4-7-10-13-16-19-22-25-28-31-34-35-36-37-38-39-40-41-43-45-48-51-54-57-60-63-66-69-75(78)81-72-73(71-80-74(77)68-65-62-59-56-53-50-47-44-33-30-27-24-21-18-15-12-9-6-3)82-76(79)70-67-64-61-58-55-52-49-46-42-32-29-26-23-20-17-14-11-8-5-2/h26,29,31,34,73H,4-25,27-28,30,32-33,35-72H2,1-3H3/b29-26-,34-31-. The molecule has 1 atom stereocenters. The molecule has 1 unspecified atom stereocenters. The molecule has 0 saturated carbocycles. The predicted octanol–water partition coefficient (Wildman–Crippen LogP) is 25.7. The van der Waals surface area contributed by atoms with Crippen LogP contribution in [0.1, 0.15) is 425 Å². The zero-order valence-corrected chi connectivity index (χ0v) is 55.8. The number of carbonyl (C=O) groups is 3. The van der Waals surface area contributed by atoms with Crippen molar-refractivity contribution in [2.24, 2.45) is 0 Å². The van der Waals surface area contributed by atoms with Gasteiger partial charge in [-0.2, -0.15) is 0 Å². The van der Waals surface area contributed by atoms with E-state index < -0.39 is 6.10 Å². The molecular weight excluding hydrogens is 1010 g/mol. The highest BCUT2D eigenvalue weighted by Crippen LogP contribution is 2.19. The van der Waals surface area contributed by atoms with Crippen molar-refractivity contribution >= 4 is 17.9 Å². The van der Waals surface area contributed by atoms with Gasteiger partial charge in [0.25, 0.3) is 0 Å². The fourth-order valence-electron chi connectivity index (χ4n) is 11.6. The Bertz CT molecular complexity index is 1320. The number of unbranched alkanes of at least 4 members (excludes halogenated alkanes) is 55. The maximum absolute atomic E-state index is 13.0. The molecule has 0 aliphatic heterocycles. The van der Waals surface area contributed by atoms with Gasteiger partial charge in [0.2, 0.25) is 0 Å². The van der Waals surface area contributed by atoms with Crippen LogP contribution in [0.15, 0.2) is 24.3 Å². The molecule has 0 rings (SSSR count). The molecule has 0 aromatic carbocycles. The van der Waals surface area contributed by atoms with Crippen LogP contribution in [0.2, 0.25) is 0 Å². The van der Waals surface area contributed by atoms with Crippen molar-refractivity contribution in [2.45, 2.75) is 431 Å². The van der Waals surface area contributed by atoms with Crippen molar-refractivity contribution in [2.75, 3.05) is 13.2 Å². The normalized spacial score (nSPS) is 12.1. The van der Waals surface area contributed by atoms with Crippen molar-refractivity contribution in [3.05, 3.63) is 24.3 Å². The summed E-state index contributed by atoms with van der Waals surface area (Å²) in [4.78, 5) is 38.5. The van der Waals surface area contributed by atoms with Gasteiger partial charge in [0.05, 0.1) is 0 Å². The first-order valence-electron chi connectivity index (χ1n) is 37.3. The van der Waals surface area contributed by atoms with Crippen LogP contribution in [-0.4, -0.2) is 37.2 Å². The fourth-order valence-corrected chi connectivity index (χ4v) is 11.6. The summed E-state index contributed by atoms with van der Waals surface area (Å²) in [5.41, 5.74) is 0. The topological polar surface area (TPSA) is 78.9 Å². The Kier molecular flexibility index (Phi) is 69.5. The molecule has 0 heterocycles. The van der Waals surface area contributed by atoms with E-state index in [0.29, 0.717) is 19.3 Å². The lowest BCUT2D eigenvalue weighted by Crippen LogP contribution is -2.30. The first-order valence-corrected chi connectivity index (χ1v) is 37.3. The average Bonchev–Trinajstić information content (AvgIpc) is 3.47. The van der Waals surface area contributed by atoms with Gasteiger partial charge in [-0.25, -0.2) is 0 Å². The number of carbonyl (C=O) groups excluding carboxylic acids is 3. The Balaban J connectivity index is 4.25. The van der Waals surface area contributed by atoms with Gasteiger partial charge in [-0.15, -0.1) is 0 Å². The summed E-state index contributed by atoms with van der Waals surface area (Å²) in [5.74, 6) is -0.831. The molecular formula is C76H144O6. The molecule has 0 radical (unpaired) electrons. The Hall–Kier alpha value is -2.11. The SMILES string of the molecule is CCCCCCCC/C=C\CCCCCCCCCCCC(=O)OC(COC(=O)CCCCCCCCCCCCCCCCC/C=C\CCCCCCCCCC)COC(=O)CCCCCCCCCCCCCCCCCCCC. The minimum absolute atomic E-state index is 0.0654. The second-order valence-corrected chi connectivity index (χ2v) is 25.6. The van der Waals surface area contributed by atoms with Crippen LogP contribution < -0.4 is 0 Å². The van der Waals surface area contributed by atoms with E-state index in [1.807, 2.05) is 0 Å². The molecule has 0 bridgehead atoms. The van der Waals surface area contributed by atoms with Crippen molar-refractivity contribution in [1.29, 1.82) is 0 Å². The largest absolute Gasteiger partial charge is 0.462 e. The molecule has 82 heavy (non-hydrogen) atoms. The molecule has 0 fully saturated rings. The van der Waals surface area contributed by atoms with Crippen LogP contribution in [0.3, 0.4) is 0 Å². The molecule has 0 aliphatic carbocycles. The van der Waals surface area contributed by atoms with Gasteiger partial charge in [-0.3, -0.25) is 14.4 Å². The molecule has 6 nitrogen and oxygen atoms in total. The van der Waals surface area contributed by atoms with Crippen molar-refractivity contribution in [3.8, 4) is 0 Å². The summed E-state index contributed by atoms with van der Waals surface area (Å²) in [6, 6.07) is 0. The highest BCUT2D eigenvalue weighted by atomic mass is 16.6. The Morgan fingerprint density at radius 3 is 0.610 bits per heavy atom. The van der Waals surface area contributed by atoms with E-state index in [4.69, 9.17) is 14.2 Å². The van der Waals surface area contributed by atoms with E-state index in [2.05, 4.69) is 45.1 Å². The summed E-state index contributed by atoms with van der Waals surface area (Å²) in [6.07, 6.45) is 87.9. The minimum atomic E-state index is -0.770. The Morgan fingerprint density at radius 2 is 0.402 bits per heavy atom. The lowest BCUT2D eigenvalue weighted by atomic mass is 10.0. The lowest BCUT2D eigenvalue weighted by Gasteiger charge is -2.18. The van der Waals surface area contributed by atoms with Crippen LogP contribution in [0.5, 0.6) is 0 Å². The summed E-state index contributed by atoms with van der Waals surface area (Å²) < 4.78 is 17.0. The Labute approximate surface area is 513 Å². The molecule has 0 aromatic heterocycles. The highest BCUT2D eigenvalue weighted by Gasteiger charge is 2.20. The van der Waals surface area contributed by atoms with Crippen LogP contribution in [0, 0.1) is 0 Å². The van der Waals surface area contributed by atoms with E-state index in [-0.39, 0.29) is 31.1 Å². The summed E-state index contributed by atoms with van der Waals surface area (Å²) in [7, 11) is 0. The van der Waals surface area contributed by atoms with Gasteiger partial charge in [0, 0.05) is 19.3 Å². The van der Waals surface area contributed by atoms with Crippen LogP contribution in [-0.2, 0) is 28.6 Å². The molecule has 0 aromatic rings. The van der Waals surface area contributed by atoms with E-state index >= 15 is 0 Å². The highest BCUT2D eigenvalue weighted by molar-refractivity contribution is 5.71. The van der Waals surface area contributed by atoms with Crippen molar-refractivity contribution in [1.82, 2.24) is 0 Å². The molecule has 0 aliphatic rings. The summed E-state index contributed by atoms with van der Waals surface area (Å²) >= 11 is 0. The van der Waals surface area contributed by atoms with E-state index in [0.717, 1.165) is 57.8 Å². The maximum Gasteiger partial charge on any atom is 0.306 e. The molecule has 484 valence electrons. The van der Waals surface area contributed by atoms with E-state index in [1.165, 1.54) is 327 Å². The number of ether oxygens (including phenoxy) is 3. The first kappa shape index (κ1) is 79.9. The van der Waals surface area contributed by atoms with Crippen molar-refractivity contribution < 1.29 is 28.6 Å². The second kappa shape index (κ2) is 71.4. The van der Waals surface area contributed by atoms with E-state index in [9.17, 15) is 14.4 Å². The maximum atomic E-state index is 13.0. The lowest BCUT2D eigenvalue weighted by molar-refractivity contribution is -0.167. The van der Waals surface area contributed by atoms with Crippen molar-refractivity contribution in [3.63, 3.8) is 0 Å². The number of allylic oxidation sites excluding steroid dienone is 4. The van der Waals surface area contributed by atoms with Gasteiger partial charge in [0.1, 0.15) is 13.2 Å². The summed E-state index contributed by atoms with van der Waals surface area (Å²) in [6.45, 7) is 6.73. The monoisotopic (exact) mass is 1150 g/mol. The zero-order valence-electron chi connectivity index (χ0n) is 55.8. The van der Waals surface area contributed by atoms with Gasteiger partial charge in [-0.1, -0.05) is 360 Å². The van der Waals surface area contributed by atoms with Crippen LogP contribution in [0.4, 0.5) is 0 Å². The number of hydrogen-bond acceptors (Lipinski definition) is 6. The van der Waals surface area contributed by atoms with Gasteiger partial charge < -0.3 is 14.2 Å². The van der Waals surface area contributed by atoms with Crippen LogP contribution in [0.25, 0.3) is 0 Å². The third-order valence-electron chi connectivity index (χ3n) is 17.2. The average molecular weight is 1150 g/mol. The third kappa shape index (κ3) is 68.7. The predicted molar refractivity (Wildman–Crippen MR) is 358 cm³/mol. The summed E-state index contributed by atoms with van der Waals surface area (Å²) in [5, 5.41) is 0. The fraction of sp³-hybridized carbons (Fsp3) is 0.908.